The SMILES string of the molecule is O=[C]=[Co](=[C]=O)(=[C]=O)(=[C]=O)(=[C]=O)=[C]=O.O=[C]=[Ta](=[C]=O)(=[C]=O)(=[C]=O)(=[C]=O)=[C]=O. The molecule has 14 heteroatoms. The van der Waals surface area contributed by atoms with Crippen molar-refractivity contribution in [1.82, 2.24) is 0 Å². The molecule has 0 unspecified atom stereocenters. The molecule has 26 heavy (non-hydrogen) atoms. The van der Waals surface area contributed by atoms with Crippen LogP contribution in [0.1, 0.15) is 0 Å². The Bertz CT molecular complexity index is 1770. The van der Waals surface area contributed by atoms with E-state index in [1.54, 1.807) is 0 Å². The Hall–Kier alpha value is -3.79. The fourth-order valence-electron chi connectivity index (χ4n) is 0.488. The van der Waals surface area contributed by atoms with Gasteiger partial charge in [-0.2, -0.15) is 0 Å². The molecule has 0 aliphatic carbocycles. The Kier molecular flexibility index (Phi) is 5.58. The Morgan fingerprint density at radius 2 is 0.500 bits per heavy atom. The van der Waals surface area contributed by atoms with Gasteiger partial charge in [0, 0.05) is 0 Å². The van der Waals surface area contributed by atoms with Gasteiger partial charge in [-0.3, -0.25) is 0 Å². The van der Waals surface area contributed by atoms with Crippen LogP contribution in [0, 0.1) is 0 Å². The first-order valence-electron chi connectivity index (χ1n) is 4.79. The molecule has 0 rings (SSSR count). The topological polar surface area (TPSA) is 205 Å². The van der Waals surface area contributed by atoms with Crippen LogP contribution in [0.15, 0.2) is 0 Å². The molecular formula is C12CoO12Ta. The predicted octanol–water partition coefficient (Wildman–Crippen LogP) is -4.77. The van der Waals surface area contributed by atoms with Crippen LogP contribution in [0.2, 0.25) is 0 Å². The minimum absolute atomic E-state index is 0.458. The van der Waals surface area contributed by atoms with E-state index in [1.165, 1.54) is 0 Å². The van der Waals surface area contributed by atoms with E-state index in [4.69, 9.17) is 0 Å². The van der Waals surface area contributed by atoms with E-state index in [0.29, 0.717) is 53.5 Å². The molecule has 0 aliphatic rings. The third-order valence-electron chi connectivity index (χ3n) is 2.39. The standard InChI is InChI=1S/12CO.Co.Ta/c12*1-2;;. The molecule has 0 saturated heterocycles. The van der Waals surface area contributed by atoms with Gasteiger partial charge in [0.25, 0.3) is 0 Å². The summed E-state index contributed by atoms with van der Waals surface area (Å²) in [6.45, 7) is 0. The number of hydrogen-bond acceptors (Lipinski definition) is 12. The van der Waals surface area contributed by atoms with Gasteiger partial charge in [0.1, 0.15) is 0 Å². The number of rotatable bonds is 0. The van der Waals surface area contributed by atoms with Gasteiger partial charge in [0.05, 0.1) is 0 Å². The summed E-state index contributed by atoms with van der Waals surface area (Å²) in [7, 11) is -6.70. The van der Waals surface area contributed by atoms with Crippen molar-refractivity contribution in [3.63, 3.8) is 0 Å². The van der Waals surface area contributed by atoms with E-state index in [1.807, 2.05) is 0 Å². The van der Waals surface area contributed by atoms with Gasteiger partial charge in [-0.05, 0) is 0 Å². The zero-order chi connectivity index (χ0) is 21.3. The maximum atomic E-state index is 10.3. The molecule has 0 N–H and O–H groups in total. The normalized spacial score (nSPS) is 11.1. The van der Waals surface area contributed by atoms with Crippen LogP contribution in [-0.4, -0.2) is 53.5 Å². The second-order valence-electron chi connectivity index (χ2n) is 3.88. The van der Waals surface area contributed by atoms with Crippen LogP contribution < -0.4 is 0 Å². The molecule has 0 radical (unpaired) electrons. The summed E-state index contributed by atoms with van der Waals surface area (Å²) in [6, 6.07) is 0. The van der Waals surface area contributed by atoms with Crippen LogP contribution in [0.5, 0.6) is 0 Å². The number of carbonyl (C=O) groups excluding carboxylic acids is 12. The average molecular weight is 576 g/mol. The molecule has 0 heterocycles. The van der Waals surface area contributed by atoms with Crippen molar-refractivity contribution in [3.05, 3.63) is 0 Å². The molecule has 0 fully saturated rings. The van der Waals surface area contributed by atoms with Crippen LogP contribution in [0.25, 0.3) is 0 Å². The first kappa shape index (κ1) is 24.5. The van der Waals surface area contributed by atoms with Crippen molar-refractivity contribution < 1.29 is 77.2 Å². The summed E-state index contributed by atoms with van der Waals surface area (Å²) in [5.41, 5.74) is 0. The van der Waals surface area contributed by atoms with Gasteiger partial charge in [-0.25, -0.2) is 0 Å². The Balaban J connectivity index is 0. The van der Waals surface area contributed by atoms with Crippen LogP contribution in [0.3, 0.4) is 0 Å². The second kappa shape index (κ2) is 5.93. The monoisotopic (exact) mass is 576 g/mol. The van der Waals surface area contributed by atoms with Gasteiger partial charge in [0.15, 0.2) is 0 Å². The Morgan fingerprint density at radius 1 is 0.346 bits per heavy atom. The van der Waals surface area contributed by atoms with Crippen molar-refractivity contribution in [2.24, 2.45) is 0 Å². The van der Waals surface area contributed by atoms with Crippen molar-refractivity contribution in [2.45, 2.75) is 0 Å². The molecule has 0 atom stereocenters. The van der Waals surface area contributed by atoms with Crippen molar-refractivity contribution in [3.8, 4) is 0 Å². The summed E-state index contributed by atoms with van der Waals surface area (Å²) < 4.78 is 3.17. The van der Waals surface area contributed by atoms with Gasteiger partial charge < -0.3 is 0 Å². The third kappa shape index (κ3) is 2.36. The Labute approximate surface area is 130 Å². The minimum atomic E-state index is -7.60. The quantitative estimate of drug-likeness (QED) is 0.267. The molecule has 0 aromatic carbocycles. The molecule has 0 amide bonds. The van der Waals surface area contributed by atoms with Crippen molar-refractivity contribution >= 4 is 53.5 Å². The summed E-state index contributed by atoms with van der Waals surface area (Å²) in [4.78, 5) is 126. The second-order valence-corrected chi connectivity index (χ2v) is 25.0. The third-order valence-corrected chi connectivity index (χ3v) is 15.4. The van der Waals surface area contributed by atoms with Crippen molar-refractivity contribution in [2.75, 3.05) is 0 Å². The molecule has 134 valence electrons. The van der Waals surface area contributed by atoms with Gasteiger partial charge in [0.2, 0.25) is 0 Å². The predicted molar refractivity (Wildman–Crippen MR) is 68.3 cm³/mol. The van der Waals surface area contributed by atoms with E-state index >= 15 is 0 Å². The maximum absolute atomic E-state index is 10.3. The van der Waals surface area contributed by atoms with Crippen LogP contribution in [0.4, 0.5) is 0 Å². The number of hydrogen-bond donors (Lipinski definition) is 0. The molecule has 0 aliphatic heterocycles. The zero-order valence-corrected chi connectivity index (χ0v) is 15.9. The summed E-state index contributed by atoms with van der Waals surface area (Å²) in [5.74, 6) is 0. The van der Waals surface area contributed by atoms with Gasteiger partial charge in [-0.15, -0.1) is 0 Å². The Morgan fingerprint density at radius 3 is 0.500 bits per heavy atom. The van der Waals surface area contributed by atoms with Crippen molar-refractivity contribution in [1.29, 1.82) is 0 Å². The van der Waals surface area contributed by atoms with E-state index < -0.39 is 19.6 Å². The van der Waals surface area contributed by atoms with Crippen LogP contribution in [-0.2, 0) is 77.2 Å². The molecule has 12 nitrogen and oxygen atoms in total. The first-order chi connectivity index (χ1) is 11.9. The van der Waals surface area contributed by atoms with Gasteiger partial charge >= 0.3 is 131 Å². The summed E-state index contributed by atoms with van der Waals surface area (Å²) >= 11 is -7.60. The van der Waals surface area contributed by atoms with E-state index in [-0.39, 0.29) is 0 Å². The summed E-state index contributed by atoms with van der Waals surface area (Å²) in [6.07, 6.45) is 0. The summed E-state index contributed by atoms with van der Waals surface area (Å²) in [5, 5.41) is 0. The molecular weight excluding hydrogens is 576 g/mol. The fourth-order valence-corrected chi connectivity index (χ4v) is 3.15. The average Bonchev–Trinajstić information content (AvgIpc) is 2.77. The molecule has 0 spiro atoms. The van der Waals surface area contributed by atoms with E-state index in [2.05, 4.69) is 0 Å². The molecule has 0 bridgehead atoms. The fraction of sp³-hybridized carbons (Fsp3) is 0. The molecule has 0 aromatic rings. The van der Waals surface area contributed by atoms with E-state index in [9.17, 15) is 57.5 Å². The first-order valence-corrected chi connectivity index (χ1v) is 17.6. The van der Waals surface area contributed by atoms with Crippen LogP contribution >= 0.6 is 0 Å². The molecule has 0 saturated carbocycles. The van der Waals surface area contributed by atoms with E-state index in [0.717, 1.165) is 0 Å². The van der Waals surface area contributed by atoms with Gasteiger partial charge in [-0.1, -0.05) is 0 Å². The zero-order valence-electron chi connectivity index (χ0n) is 11.7. The molecule has 0 aromatic heterocycles.